The Morgan fingerprint density at radius 3 is 2.16 bits per heavy atom. The summed E-state index contributed by atoms with van der Waals surface area (Å²) in [4.78, 5) is 79.8. The number of amides is 4. The number of Topliss-reactive ketones (excluding diaryl/α,β-unsaturated/α-hetero) is 1. The van der Waals surface area contributed by atoms with Gasteiger partial charge in [-0.2, -0.15) is 13.2 Å². The first-order chi connectivity index (χ1) is 23.8. The Hall–Kier alpha value is -4.70. The van der Waals surface area contributed by atoms with Crippen molar-refractivity contribution in [1.82, 2.24) is 21.3 Å². The van der Waals surface area contributed by atoms with E-state index in [2.05, 4.69) is 26.3 Å². The van der Waals surface area contributed by atoms with E-state index < -0.39 is 47.5 Å². The number of nitrogens with zero attached hydrogens (tertiary/aromatic N) is 1. The Morgan fingerprint density at radius 2 is 1.61 bits per heavy atom. The number of aliphatic carboxylic acids is 1. The molecule has 286 valence electrons. The third-order valence-corrected chi connectivity index (χ3v) is 8.21. The second-order valence-corrected chi connectivity index (χ2v) is 12.8. The summed E-state index contributed by atoms with van der Waals surface area (Å²) in [6.45, 7) is 7.69. The number of alkyl halides is 3. The van der Waals surface area contributed by atoms with E-state index in [9.17, 15) is 37.1 Å². The average molecular weight is 728 g/mol. The topological polar surface area (TPSA) is 235 Å². The summed E-state index contributed by atoms with van der Waals surface area (Å²) in [5.74, 6) is -5.74. The fourth-order valence-electron chi connectivity index (χ4n) is 5.11. The Bertz CT molecular complexity index is 1360. The number of aliphatic imine (C=N–C) groups is 1. The van der Waals surface area contributed by atoms with Gasteiger partial charge in [0.1, 0.15) is 12.1 Å². The molecule has 9 N–H and O–H groups in total. The summed E-state index contributed by atoms with van der Waals surface area (Å²) in [5.41, 5.74) is 10.4. The predicted octanol–water partition coefficient (Wildman–Crippen LogP) is 2.61. The molecule has 0 aliphatic carbocycles. The van der Waals surface area contributed by atoms with Gasteiger partial charge >= 0.3 is 12.1 Å². The lowest BCUT2D eigenvalue weighted by Crippen LogP contribution is -2.55. The van der Waals surface area contributed by atoms with Crippen LogP contribution in [0.2, 0.25) is 0 Å². The van der Waals surface area contributed by atoms with Crippen molar-refractivity contribution in [2.24, 2.45) is 28.3 Å². The predicted molar refractivity (Wildman–Crippen MR) is 184 cm³/mol. The molecule has 1 aliphatic rings. The Labute approximate surface area is 296 Å². The maximum Gasteiger partial charge on any atom is 0.490 e. The van der Waals surface area contributed by atoms with Gasteiger partial charge in [0, 0.05) is 31.3 Å². The van der Waals surface area contributed by atoms with E-state index in [4.69, 9.17) is 21.4 Å². The first kappa shape index (κ1) is 44.3. The maximum atomic E-state index is 13.8. The zero-order chi connectivity index (χ0) is 38.8. The molecular weight excluding hydrogens is 675 g/mol. The van der Waals surface area contributed by atoms with Gasteiger partial charge in [0.25, 0.3) is 0 Å². The molecule has 0 spiro atoms. The molecule has 1 saturated heterocycles. The van der Waals surface area contributed by atoms with Gasteiger partial charge in [0.2, 0.25) is 23.6 Å². The van der Waals surface area contributed by atoms with Crippen molar-refractivity contribution in [1.29, 1.82) is 0 Å². The van der Waals surface area contributed by atoms with Crippen LogP contribution in [0.15, 0.2) is 35.3 Å². The largest absolute Gasteiger partial charge is 0.490 e. The van der Waals surface area contributed by atoms with Crippen molar-refractivity contribution in [3.8, 4) is 0 Å². The summed E-state index contributed by atoms with van der Waals surface area (Å²) in [6, 6.07) is 7.07. The normalized spacial score (nSPS) is 22.9. The highest BCUT2D eigenvalue weighted by Crippen LogP contribution is 2.24. The summed E-state index contributed by atoms with van der Waals surface area (Å²) in [6.07, 6.45) is -0.837. The second-order valence-electron chi connectivity index (χ2n) is 12.8. The van der Waals surface area contributed by atoms with E-state index >= 15 is 0 Å². The maximum absolute atomic E-state index is 13.8. The Kier molecular flexibility index (Phi) is 18.7. The summed E-state index contributed by atoms with van der Waals surface area (Å²) in [7, 11) is 0. The fourth-order valence-corrected chi connectivity index (χ4v) is 5.11. The number of nitrogens with one attached hydrogen (secondary N) is 4. The molecule has 4 atom stereocenters. The standard InChI is InChI=1S/C32H51N7O5.C2HF3O2/c1-5-24-29(43)38-26(22-14-9-8-10-15-22)30(44)35-18-12-7-6-11-17-32(4,39-27(41)21(2)3)25(40)20-23(28(42)37-24)16-13-19-36-31(33)34;3-2(4,5)1(6)7/h8-10,14-15,21,23-24,26H,5-7,11-13,16-20H2,1-4H3,(H,35,44)(H,37,42)(H,38,43)(H,39,41)(H4,33,34,36);(H,6,7)/t23-,24+,26+,32+;/m1./s1. The second kappa shape index (κ2) is 21.5. The fraction of sp³-hybridized carbons (Fsp3) is 0.618. The smallest absolute Gasteiger partial charge is 0.475 e. The number of carbonyl (C=O) groups excluding carboxylic acids is 5. The lowest BCUT2D eigenvalue weighted by molar-refractivity contribution is -0.192. The Balaban J connectivity index is 0.00000167. The number of halogens is 3. The quantitative estimate of drug-likeness (QED) is 0.118. The highest BCUT2D eigenvalue weighted by molar-refractivity contribution is 5.97. The zero-order valence-corrected chi connectivity index (χ0v) is 29.6. The zero-order valence-electron chi connectivity index (χ0n) is 29.6. The van der Waals surface area contributed by atoms with Crippen molar-refractivity contribution in [3.05, 3.63) is 35.9 Å². The van der Waals surface area contributed by atoms with E-state index in [1.54, 1.807) is 52.0 Å². The first-order valence-electron chi connectivity index (χ1n) is 17.0. The van der Waals surface area contributed by atoms with Crippen molar-refractivity contribution in [2.75, 3.05) is 13.1 Å². The average Bonchev–Trinajstić information content (AvgIpc) is 3.06. The van der Waals surface area contributed by atoms with Gasteiger partial charge < -0.3 is 37.8 Å². The minimum absolute atomic E-state index is 0.0704. The number of carbonyl (C=O) groups is 6. The van der Waals surface area contributed by atoms with Gasteiger partial charge in [-0.1, -0.05) is 70.4 Å². The molecule has 1 fully saturated rings. The molecule has 1 aromatic carbocycles. The van der Waals surface area contributed by atoms with Gasteiger partial charge in [-0.15, -0.1) is 0 Å². The molecule has 0 unspecified atom stereocenters. The molecule has 1 aliphatic heterocycles. The van der Waals surface area contributed by atoms with Crippen LogP contribution in [-0.4, -0.2) is 77.3 Å². The van der Waals surface area contributed by atoms with Gasteiger partial charge in [-0.3, -0.25) is 29.0 Å². The van der Waals surface area contributed by atoms with Gasteiger partial charge in [0.15, 0.2) is 11.7 Å². The minimum atomic E-state index is -5.08. The van der Waals surface area contributed by atoms with Crippen molar-refractivity contribution >= 4 is 41.3 Å². The number of nitrogens with two attached hydrogens (primary N) is 2. The molecule has 0 saturated carbocycles. The SMILES string of the molecule is CC[C@@H]1NC(=O)[C@H](CCCN=C(N)N)CC(=O)[C@@](C)(NC(=O)C(C)C)CCCCCCNC(=O)[C@H](c2ccccc2)NC1=O.O=C(O)C(F)(F)F. The highest BCUT2D eigenvalue weighted by Gasteiger charge is 2.39. The van der Waals surface area contributed by atoms with E-state index in [0.29, 0.717) is 31.4 Å². The van der Waals surface area contributed by atoms with Gasteiger partial charge in [0.05, 0.1) is 5.54 Å². The molecule has 0 aromatic heterocycles. The number of ketones is 1. The van der Waals surface area contributed by atoms with E-state index in [1.807, 2.05) is 6.07 Å². The van der Waals surface area contributed by atoms with Crippen LogP contribution in [-0.2, 0) is 28.8 Å². The van der Waals surface area contributed by atoms with Crippen LogP contribution in [0.25, 0.3) is 0 Å². The van der Waals surface area contributed by atoms with Crippen LogP contribution in [0.3, 0.4) is 0 Å². The monoisotopic (exact) mass is 727 g/mol. The molecule has 2 rings (SSSR count). The molecule has 0 bridgehead atoms. The number of benzene rings is 1. The first-order valence-corrected chi connectivity index (χ1v) is 17.0. The van der Waals surface area contributed by atoms with E-state index in [-0.39, 0.29) is 55.3 Å². The molecule has 14 nitrogen and oxygen atoms in total. The molecule has 51 heavy (non-hydrogen) atoms. The molecular formula is C34H52F3N7O7. The van der Waals surface area contributed by atoms with Crippen LogP contribution in [0.5, 0.6) is 0 Å². The van der Waals surface area contributed by atoms with E-state index in [1.165, 1.54) is 0 Å². The third kappa shape index (κ3) is 16.2. The van der Waals surface area contributed by atoms with Gasteiger partial charge in [-0.25, -0.2) is 4.79 Å². The van der Waals surface area contributed by atoms with Crippen LogP contribution in [0.1, 0.15) is 97.1 Å². The minimum Gasteiger partial charge on any atom is -0.475 e. The molecule has 4 amide bonds. The summed E-state index contributed by atoms with van der Waals surface area (Å²) >= 11 is 0. The number of guanidine groups is 1. The van der Waals surface area contributed by atoms with Crippen molar-refractivity contribution < 1.29 is 47.0 Å². The lowest BCUT2D eigenvalue weighted by Gasteiger charge is -2.32. The Morgan fingerprint density at radius 1 is 1.00 bits per heavy atom. The van der Waals surface area contributed by atoms with Crippen molar-refractivity contribution in [3.63, 3.8) is 0 Å². The van der Waals surface area contributed by atoms with Crippen LogP contribution < -0.4 is 32.7 Å². The van der Waals surface area contributed by atoms with Gasteiger partial charge in [-0.05, 0) is 44.6 Å². The number of hydrogen-bond donors (Lipinski definition) is 7. The van der Waals surface area contributed by atoms with Crippen molar-refractivity contribution in [2.45, 2.75) is 109 Å². The molecule has 1 aromatic rings. The van der Waals surface area contributed by atoms with Crippen LogP contribution in [0.4, 0.5) is 13.2 Å². The number of rotatable bonds is 8. The molecule has 0 radical (unpaired) electrons. The van der Waals surface area contributed by atoms with E-state index in [0.717, 1.165) is 19.3 Å². The number of carboxylic acid groups (broad SMARTS) is 1. The molecule has 1 heterocycles. The van der Waals surface area contributed by atoms with Crippen LogP contribution in [0, 0.1) is 11.8 Å². The number of carboxylic acids is 1. The number of hydrogen-bond acceptors (Lipinski definition) is 7. The molecule has 17 heteroatoms. The lowest BCUT2D eigenvalue weighted by atomic mass is 9.82. The summed E-state index contributed by atoms with van der Waals surface area (Å²) in [5, 5.41) is 18.6. The highest BCUT2D eigenvalue weighted by atomic mass is 19.4. The summed E-state index contributed by atoms with van der Waals surface area (Å²) < 4.78 is 31.7. The van der Waals surface area contributed by atoms with Crippen LogP contribution >= 0.6 is 0 Å². The third-order valence-electron chi connectivity index (χ3n) is 8.21.